The van der Waals surface area contributed by atoms with Crippen LogP contribution >= 0.6 is 11.6 Å². The Labute approximate surface area is 100.0 Å². The summed E-state index contributed by atoms with van der Waals surface area (Å²) < 4.78 is 0. The molecule has 3 rings (SSSR count). The zero-order valence-corrected chi connectivity index (χ0v) is 9.85. The average Bonchev–Trinajstić information content (AvgIpc) is 2.72. The number of piperidine rings is 1. The summed E-state index contributed by atoms with van der Waals surface area (Å²) in [6.07, 6.45) is 5.69. The van der Waals surface area contributed by atoms with Crippen molar-refractivity contribution >= 4 is 22.5 Å². The average molecular weight is 235 g/mol. The summed E-state index contributed by atoms with van der Waals surface area (Å²) in [5.41, 5.74) is 2.47. The third kappa shape index (κ3) is 1.72. The van der Waals surface area contributed by atoms with Crippen molar-refractivity contribution in [2.24, 2.45) is 0 Å². The number of aromatic nitrogens is 1. The molecule has 1 fully saturated rings. The van der Waals surface area contributed by atoms with Crippen LogP contribution in [0, 0.1) is 0 Å². The molecule has 0 radical (unpaired) electrons. The van der Waals surface area contributed by atoms with E-state index in [9.17, 15) is 0 Å². The Bertz CT molecular complexity index is 498. The van der Waals surface area contributed by atoms with Gasteiger partial charge < -0.3 is 10.3 Å². The molecule has 1 aliphatic heterocycles. The third-order valence-electron chi connectivity index (χ3n) is 3.37. The Morgan fingerprint density at radius 3 is 3.00 bits per heavy atom. The second-order valence-electron chi connectivity index (χ2n) is 4.44. The van der Waals surface area contributed by atoms with E-state index in [-0.39, 0.29) is 0 Å². The molecule has 0 bridgehead atoms. The maximum absolute atomic E-state index is 6.13. The minimum atomic E-state index is 0.504. The highest BCUT2D eigenvalue weighted by Gasteiger charge is 2.15. The molecule has 1 saturated heterocycles. The predicted octanol–water partition coefficient (Wildman–Crippen LogP) is 3.64. The first-order valence-corrected chi connectivity index (χ1v) is 6.22. The quantitative estimate of drug-likeness (QED) is 0.775. The fraction of sp³-hybridized carbons (Fsp3) is 0.385. The Balaban J connectivity index is 1.99. The zero-order valence-electron chi connectivity index (χ0n) is 9.09. The lowest BCUT2D eigenvalue weighted by Crippen LogP contribution is -2.26. The smallest absolute Gasteiger partial charge is 0.0659 e. The molecule has 3 heteroatoms. The van der Waals surface area contributed by atoms with Gasteiger partial charge in [0, 0.05) is 23.1 Å². The van der Waals surface area contributed by atoms with Crippen molar-refractivity contribution in [1.82, 2.24) is 10.3 Å². The monoisotopic (exact) mass is 234 g/mol. The van der Waals surface area contributed by atoms with Crippen LogP contribution in [0.1, 0.15) is 30.9 Å². The number of benzene rings is 1. The number of aromatic amines is 1. The van der Waals surface area contributed by atoms with Crippen LogP contribution in [0.15, 0.2) is 24.4 Å². The van der Waals surface area contributed by atoms with Crippen LogP contribution in [-0.4, -0.2) is 11.5 Å². The van der Waals surface area contributed by atoms with Gasteiger partial charge in [0.05, 0.1) is 5.02 Å². The van der Waals surface area contributed by atoms with Gasteiger partial charge in [-0.05, 0) is 37.1 Å². The summed E-state index contributed by atoms with van der Waals surface area (Å²) >= 11 is 6.13. The number of hydrogen-bond donors (Lipinski definition) is 2. The van der Waals surface area contributed by atoms with Crippen molar-refractivity contribution in [2.45, 2.75) is 25.3 Å². The van der Waals surface area contributed by atoms with E-state index in [0.29, 0.717) is 6.04 Å². The van der Waals surface area contributed by atoms with Crippen molar-refractivity contribution in [2.75, 3.05) is 6.54 Å². The Morgan fingerprint density at radius 1 is 1.25 bits per heavy atom. The van der Waals surface area contributed by atoms with Gasteiger partial charge in [0.2, 0.25) is 0 Å². The summed E-state index contributed by atoms with van der Waals surface area (Å²) in [5, 5.41) is 5.50. The molecule has 2 heterocycles. The van der Waals surface area contributed by atoms with E-state index in [1.54, 1.807) is 0 Å². The molecule has 1 aromatic heterocycles. The summed E-state index contributed by atoms with van der Waals surface area (Å²) in [6.45, 7) is 1.13. The zero-order chi connectivity index (χ0) is 11.0. The molecule has 2 N–H and O–H groups in total. The van der Waals surface area contributed by atoms with Gasteiger partial charge in [-0.1, -0.05) is 24.1 Å². The minimum Gasteiger partial charge on any atom is -0.360 e. The Hall–Kier alpha value is -0.990. The Morgan fingerprint density at radius 2 is 2.19 bits per heavy atom. The van der Waals surface area contributed by atoms with E-state index < -0.39 is 0 Å². The lowest BCUT2D eigenvalue weighted by molar-refractivity contribution is 0.412. The van der Waals surface area contributed by atoms with Gasteiger partial charge in [0.25, 0.3) is 0 Å². The first-order chi connectivity index (χ1) is 7.84. The van der Waals surface area contributed by atoms with Gasteiger partial charge in [0.15, 0.2) is 0 Å². The third-order valence-corrected chi connectivity index (χ3v) is 3.68. The fourth-order valence-electron chi connectivity index (χ4n) is 2.46. The number of H-pyrrole nitrogens is 1. The molecule has 0 amide bonds. The van der Waals surface area contributed by atoms with Crippen molar-refractivity contribution in [1.29, 1.82) is 0 Å². The van der Waals surface area contributed by atoms with Gasteiger partial charge in [-0.15, -0.1) is 0 Å². The topological polar surface area (TPSA) is 27.8 Å². The van der Waals surface area contributed by atoms with Crippen molar-refractivity contribution < 1.29 is 0 Å². The summed E-state index contributed by atoms with van der Waals surface area (Å²) in [7, 11) is 0. The molecule has 0 spiro atoms. The lowest BCUT2D eigenvalue weighted by atomic mass is 9.97. The lowest BCUT2D eigenvalue weighted by Gasteiger charge is -2.23. The molecule has 0 saturated carbocycles. The van der Waals surface area contributed by atoms with Crippen molar-refractivity contribution in [3.63, 3.8) is 0 Å². The first-order valence-electron chi connectivity index (χ1n) is 5.84. The highest BCUT2D eigenvalue weighted by Crippen LogP contribution is 2.29. The predicted molar refractivity (Wildman–Crippen MR) is 67.9 cm³/mol. The van der Waals surface area contributed by atoms with Gasteiger partial charge in [-0.3, -0.25) is 0 Å². The second-order valence-corrected chi connectivity index (χ2v) is 4.85. The van der Waals surface area contributed by atoms with E-state index >= 15 is 0 Å². The summed E-state index contributed by atoms with van der Waals surface area (Å²) in [6, 6.07) is 7.02. The number of rotatable bonds is 1. The minimum absolute atomic E-state index is 0.504. The van der Waals surface area contributed by atoms with Gasteiger partial charge in [0.1, 0.15) is 0 Å². The van der Waals surface area contributed by atoms with Gasteiger partial charge in [-0.25, -0.2) is 0 Å². The molecule has 1 aliphatic rings. The van der Waals surface area contributed by atoms with Crippen LogP contribution in [0.3, 0.4) is 0 Å². The SMILES string of the molecule is Clc1c[nH]c2ccc(C3CCCCN3)cc12. The molecule has 1 aromatic carbocycles. The maximum Gasteiger partial charge on any atom is 0.0659 e. The van der Waals surface area contributed by atoms with E-state index in [2.05, 4.69) is 28.5 Å². The van der Waals surface area contributed by atoms with Crippen LogP contribution in [-0.2, 0) is 0 Å². The van der Waals surface area contributed by atoms with Crippen LogP contribution in [0.2, 0.25) is 5.02 Å². The van der Waals surface area contributed by atoms with E-state index in [0.717, 1.165) is 22.5 Å². The van der Waals surface area contributed by atoms with E-state index in [1.807, 2.05) is 6.20 Å². The molecule has 0 aliphatic carbocycles. The fourth-order valence-corrected chi connectivity index (χ4v) is 2.67. The molecule has 2 nitrogen and oxygen atoms in total. The summed E-state index contributed by atoms with van der Waals surface area (Å²) in [5.74, 6) is 0. The summed E-state index contributed by atoms with van der Waals surface area (Å²) in [4.78, 5) is 3.17. The molecule has 2 aromatic rings. The number of nitrogens with one attached hydrogen (secondary N) is 2. The van der Waals surface area contributed by atoms with Gasteiger partial charge >= 0.3 is 0 Å². The van der Waals surface area contributed by atoms with E-state index in [4.69, 9.17) is 11.6 Å². The number of halogens is 1. The molecular weight excluding hydrogens is 220 g/mol. The molecule has 1 unspecified atom stereocenters. The Kier molecular flexibility index (Phi) is 2.62. The number of fused-ring (bicyclic) bond motifs is 1. The molecule has 1 atom stereocenters. The molecular formula is C13H15ClN2. The molecule has 16 heavy (non-hydrogen) atoms. The first kappa shape index (κ1) is 10.2. The van der Waals surface area contributed by atoms with E-state index in [1.165, 1.54) is 24.8 Å². The van der Waals surface area contributed by atoms with Gasteiger partial charge in [-0.2, -0.15) is 0 Å². The van der Waals surface area contributed by atoms with Crippen LogP contribution < -0.4 is 5.32 Å². The van der Waals surface area contributed by atoms with Crippen molar-refractivity contribution in [3.8, 4) is 0 Å². The standard InChI is InChI=1S/C13H15ClN2/c14-11-8-16-13-5-4-9(7-10(11)13)12-3-1-2-6-15-12/h4-5,7-8,12,15-16H,1-3,6H2. The van der Waals surface area contributed by atoms with Crippen LogP contribution in [0.25, 0.3) is 10.9 Å². The highest BCUT2D eigenvalue weighted by molar-refractivity contribution is 6.35. The van der Waals surface area contributed by atoms with Crippen LogP contribution in [0.4, 0.5) is 0 Å². The largest absolute Gasteiger partial charge is 0.360 e. The highest BCUT2D eigenvalue weighted by atomic mass is 35.5. The second kappa shape index (κ2) is 4.11. The van der Waals surface area contributed by atoms with Crippen molar-refractivity contribution in [3.05, 3.63) is 35.0 Å². The maximum atomic E-state index is 6.13. The molecule has 84 valence electrons. The number of hydrogen-bond acceptors (Lipinski definition) is 1. The van der Waals surface area contributed by atoms with Crippen LogP contribution in [0.5, 0.6) is 0 Å². The normalized spacial score (nSPS) is 21.4.